The largest absolute Gasteiger partial charge is 0.349 e. The lowest BCUT2D eigenvalue weighted by molar-refractivity contribution is 0.0755. The maximum Gasteiger partial charge on any atom is 0.255 e. The highest BCUT2D eigenvalue weighted by atomic mass is 35.5. The normalized spacial score (nSPS) is 26.9. The Morgan fingerprint density at radius 1 is 1.15 bits per heavy atom. The minimum Gasteiger partial charge on any atom is -0.349 e. The zero-order valence-corrected chi connectivity index (χ0v) is 16.8. The molecule has 2 fully saturated rings. The van der Waals surface area contributed by atoms with Gasteiger partial charge in [0.25, 0.3) is 5.91 Å². The van der Waals surface area contributed by atoms with Crippen LogP contribution in [0.2, 0.25) is 0 Å². The summed E-state index contributed by atoms with van der Waals surface area (Å²) in [6.45, 7) is 3.89. The van der Waals surface area contributed by atoms with Crippen molar-refractivity contribution in [2.75, 3.05) is 0 Å². The molecule has 1 aromatic heterocycles. The molecule has 4 rings (SSSR count). The summed E-state index contributed by atoms with van der Waals surface area (Å²) in [6.07, 6.45) is 5.68. The highest BCUT2D eigenvalue weighted by Gasteiger charge is 2.40. The summed E-state index contributed by atoms with van der Waals surface area (Å²) in [5.41, 5.74) is 9.58. The van der Waals surface area contributed by atoms with Gasteiger partial charge in [0.2, 0.25) is 0 Å². The highest BCUT2D eigenvalue weighted by molar-refractivity contribution is 5.96. The van der Waals surface area contributed by atoms with Crippen LogP contribution in [-0.2, 0) is 0 Å². The average molecular weight is 389 g/mol. The van der Waals surface area contributed by atoms with Crippen molar-refractivity contribution in [2.45, 2.75) is 58.0 Å². The average Bonchev–Trinajstić information content (AvgIpc) is 2.91. The quantitative estimate of drug-likeness (QED) is 0.844. The molecule has 2 atom stereocenters. The number of carbonyl (C=O) groups is 1. The van der Waals surface area contributed by atoms with E-state index in [4.69, 9.17) is 5.73 Å². The van der Waals surface area contributed by atoms with E-state index in [9.17, 15) is 4.79 Å². The van der Waals surface area contributed by atoms with Crippen LogP contribution in [-0.4, -0.2) is 27.8 Å². The fraction of sp³-hybridized carbons (Fsp3) is 0.524. The topological polar surface area (TPSA) is 72.9 Å². The SMILES string of the molecule is Cc1nn(-c2ccccc2)c(C)c1C(=O)NC1C2CCCC1CC(N)C2.Cl. The Morgan fingerprint density at radius 2 is 1.78 bits per heavy atom. The predicted octanol–water partition coefficient (Wildman–Crippen LogP) is 3.55. The predicted molar refractivity (Wildman–Crippen MR) is 110 cm³/mol. The Balaban J connectivity index is 0.00000210. The molecule has 146 valence electrons. The van der Waals surface area contributed by atoms with Crippen LogP contribution in [0, 0.1) is 25.7 Å². The van der Waals surface area contributed by atoms with Crippen LogP contribution < -0.4 is 11.1 Å². The lowest BCUT2D eigenvalue weighted by Gasteiger charge is -2.45. The van der Waals surface area contributed by atoms with Crippen molar-refractivity contribution >= 4 is 18.3 Å². The van der Waals surface area contributed by atoms with Gasteiger partial charge in [-0.1, -0.05) is 24.6 Å². The molecule has 2 aliphatic carbocycles. The number of nitrogens with two attached hydrogens (primary N) is 1. The summed E-state index contributed by atoms with van der Waals surface area (Å²) in [5, 5.41) is 7.97. The van der Waals surface area contributed by atoms with E-state index in [2.05, 4.69) is 10.4 Å². The zero-order valence-electron chi connectivity index (χ0n) is 16.0. The van der Waals surface area contributed by atoms with Gasteiger partial charge in [0, 0.05) is 12.1 Å². The zero-order chi connectivity index (χ0) is 18.3. The highest BCUT2D eigenvalue weighted by Crippen LogP contribution is 2.39. The van der Waals surface area contributed by atoms with Crippen molar-refractivity contribution in [2.24, 2.45) is 17.6 Å². The van der Waals surface area contributed by atoms with Gasteiger partial charge >= 0.3 is 0 Å². The molecule has 2 saturated carbocycles. The maximum absolute atomic E-state index is 13.1. The van der Waals surface area contributed by atoms with E-state index in [0.29, 0.717) is 23.4 Å². The van der Waals surface area contributed by atoms with Crippen molar-refractivity contribution in [1.82, 2.24) is 15.1 Å². The molecule has 27 heavy (non-hydrogen) atoms. The first-order valence-corrected chi connectivity index (χ1v) is 9.72. The van der Waals surface area contributed by atoms with Gasteiger partial charge in [-0.25, -0.2) is 4.68 Å². The maximum atomic E-state index is 13.1. The number of nitrogens with one attached hydrogen (secondary N) is 1. The molecule has 0 radical (unpaired) electrons. The number of rotatable bonds is 3. The van der Waals surface area contributed by atoms with Gasteiger partial charge in [-0.05, 0) is 63.5 Å². The Bertz CT molecular complexity index is 790. The number of aryl methyl sites for hydroxylation is 1. The van der Waals surface area contributed by atoms with Crippen molar-refractivity contribution in [3.63, 3.8) is 0 Å². The van der Waals surface area contributed by atoms with Crippen molar-refractivity contribution < 1.29 is 4.79 Å². The number of halogens is 1. The Hall–Kier alpha value is -1.85. The molecular formula is C21H29ClN4O. The number of hydrogen-bond donors (Lipinski definition) is 2. The number of para-hydroxylation sites is 1. The van der Waals surface area contributed by atoms with E-state index < -0.39 is 0 Å². The number of benzene rings is 1. The molecule has 0 spiro atoms. The second kappa shape index (κ2) is 8.03. The smallest absolute Gasteiger partial charge is 0.255 e. The lowest BCUT2D eigenvalue weighted by Crippen LogP contribution is -2.53. The third kappa shape index (κ3) is 3.76. The van der Waals surface area contributed by atoms with E-state index >= 15 is 0 Å². The van der Waals surface area contributed by atoms with Gasteiger partial charge in [0.1, 0.15) is 0 Å². The fourth-order valence-corrected chi connectivity index (χ4v) is 5.04. The summed E-state index contributed by atoms with van der Waals surface area (Å²) in [5.74, 6) is 1.05. The van der Waals surface area contributed by atoms with Crippen molar-refractivity contribution in [1.29, 1.82) is 0 Å². The first-order valence-electron chi connectivity index (χ1n) is 9.72. The number of hydrogen-bond acceptors (Lipinski definition) is 3. The summed E-state index contributed by atoms with van der Waals surface area (Å²) in [4.78, 5) is 13.1. The number of aromatic nitrogens is 2. The molecule has 1 amide bonds. The second-order valence-corrected chi connectivity index (χ2v) is 7.97. The Kier molecular flexibility index (Phi) is 5.92. The summed E-state index contributed by atoms with van der Waals surface area (Å²) in [7, 11) is 0. The second-order valence-electron chi connectivity index (χ2n) is 7.97. The summed E-state index contributed by atoms with van der Waals surface area (Å²) >= 11 is 0. The van der Waals surface area contributed by atoms with Crippen LogP contribution >= 0.6 is 12.4 Å². The first-order chi connectivity index (χ1) is 12.5. The minimum atomic E-state index is 0. The number of nitrogens with zero attached hydrogens (tertiary/aromatic N) is 2. The third-order valence-electron chi connectivity index (χ3n) is 6.19. The summed E-state index contributed by atoms with van der Waals surface area (Å²) < 4.78 is 1.86. The van der Waals surface area contributed by atoms with E-state index in [1.165, 1.54) is 19.3 Å². The van der Waals surface area contributed by atoms with Crippen LogP contribution in [0.15, 0.2) is 30.3 Å². The van der Waals surface area contributed by atoms with Gasteiger partial charge in [-0.3, -0.25) is 4.79 Å². The van der Waals surface area contributed by atoms with Crippen LogP contribution in [0.3, 0.4) is 0 Å². The number of fused-ring (bicyclic) bond motifs is 2. The molecule has 1 aromatic carbocycles. The number of amides is 1. The minimum absolute atomic E-state index is 0. The lowest BCUT2D eigenvalue weighted by atomic mass is 9.67. The van der Waals surface area contributed by atoms with E-state index in [0.717, 1.165) is 29.9 Å². The molecule has 2 bridgehead atoms. The standard InChI is InChI=1S/C21H28N4O.ClH/c1-13-19(14(2)25(24-13)18-9-4-3-5-10-18)21(26)23-20-15-7-6-8-16(20)12-17(22)11-15;/h3-5,9-10,15-17,20H,6-8,11-12,22H2,1-2H3,(H,23,26);1H. The summed E-state index contributed by atoms with van der Waals surface area (Å²) in [6, 6.07) is 10.5. The molecule has 1 heterocycles. The third-order valence-corrected chi connectivity index (χ3v) is 6.19. The van der Waals surface area contributed by atoms with Gasteiger partial charge < -0.3 is 11.1 Å². The Morgan fingerprint density at radius 3 is 2.41 bits per heavy atom. The Labute approximate surface area is 167 Å². The molecule has 2 unspecified atom stereocenters. The van der Waals surface area contributed by atoms with Crippen LogP contribution in [0.1, 0.15) is 53.8 Å². The van der Waals surface area contributed by atoms with Gasteiger partial charge in [0.05, 0.1) is 22.6 Å². The molecule has 0 saturated heterocycles. The van der Waals surface area contributed by atoms with Crippen LogP contribution in [0.4, 0.5) is 0 Å². The molecule has 2 aliphatic rings. The fourth-order valence-electron chi connectivity index (χ4n) is 5.04. The molecular weight excluding hydrogens is 360 g/mol. The molecule has 5 nitrogen and oxygen atoms in total. The first kappa shape index (κ1) is 19.9. The van der Waals surface area contributed by atoms with E-state index in [1.54, 1.807) is 0 Å². The number of carbonyl (C=O) groups excluding carboxylic acids is 1. The van der Waals surface area contributed by atoms with E-state index in [1.807, 2.05) is 48.9 Å². The van der Waals surface area contributed by atoms with Gasteiger partial charge in [-0.15, -0.1) is 12.4 Å². The molecule has 2 aromatic rings. The van der Waals surface area contributed by atoms with Crippen LogP contribution in [0.5, 0.6) is 0 Å². The van der Waals surface area contributed by atoms with Gasteiger partial charge in [0.15, 0.2) is 0 Å². The molecule has 0 aliphatic heterocycles. The van der Waals surface area contributed by atoms with E-state index in [-0.39, 0.29) is 24.4 Å². The monoisotopic (exact) mass is 388 g/mol. The molecule has 6 heteroatoms. The van der Waals surface area contributed by atoms with Crippen molar-refractivity contribution in [3.8, 4) is 5.69 Å². The van der Waals surface area contributed by atoms with Crippen LogP contribution in [0.25, 0.3) is 5.69 Å². The van der Waals surface area contributed by atoms with Gasteiger partial charge in [-0.2, -0.15) is 5.10 Å². The van der Waals surface area contributed by atoms with Crippen molar-refractivity contribution in [3.05, 3.63) is 47.3 Å². The molecule has 3 N–H and O–H groups in total.